The fourth-order valence-corrected chi connectivity index (χ4v) is 5.20. The summed E-state index contributed by atoms with van der Waals surface area (Å²) in [5.41, 5.74) is 10.6. The molecule has 0 spiro atoms. The van der Waals surface area contributed by atoms with Crippen molar-refractivity contribution in [2.45, 2.75) is 5.25 Å². The first-order valence-electron chi connectivity index (χ1n) is 5.30. The van der Waals surface area contributed by atoms with Crippen LogP contribution < -0.4 is 11.5 Å². The smallest absolute Gasteiger partial charge is 0.151 e. The molecule has 0 aromatic rings. The van der Waals surface area contributed by atoms with Crippen molar-refractivity contribution in [2.24, 2.45) is 11.5 Å². The highest BCUT2D eigenvalue weighted by Gasteiger charge is 2.10. The van der Waals surface area contributed by atoms with Gasteiger partial charge in [-0.05, 0) is 5.75 Å². The highest BCUT2D eigenvalue weighted by atomic mass is 32.2. The molecule has 1 unspecified atom stereocenters. The second-order valence-corrected chi connectivity index (χ2v) is 8.38. The first-order chi connectivity index (χ1) is 8.56. The van der Waals surface area contributed by atoms with Gasteiger partial charge < -0.3 is 11.5 Å². The fourth-order valence-electron chi connectivity index (χ4n) is 0.973. The van der Waals surface area contributed by atoms with E-state index >= 15 is 0 Å². The van der Waals surface area contributed by atoms with Crippen LogP contribution in [0.5, 0.6) is 0 Å². The average molecular weight is 345 g/mol. The molecule has 0 radical (unpaired) electrons. The summed E-state index contributed by atoms with van der Waals surface area (Å²) in [5, 5.41) is 15.2. The number of amidine groups is 2. The van der Waals surface area contributed by atoms with Crippen molar-refractivity contribution >= 4 is 70.0 Å². The molecule has 0 saturated heterocycles. The van der Waals surface area contributed by atoms with Crippen LogP contribution in [0.4, 0.5) is 0 Å². The predicted molar refractivity (Wildman–Crippen MR) is 96.2 cm³/mol. The lowest BCUT2D eigenvalue weighted by atomic mass is 10.5. The van der Waals surface area contributed by atoms with Gasteiger partial charge >= 0.3 is 0 Å². The zero-order valence-corrected chi connectivity index (χ0v) is 14.2. The lowest BCUT2D eigenvalue weighted by Gasteiger charge is -2.15. The second kappa shape index (κ2) is 12.7. The molecule has 0 aromatic heterocycles. The van der Waals surface area contributed by atoms with Gasteiger partial charge in [-0.25, -0.2) is 0 Å². The van der Waals surface area contributed by atoms with Crippen LogP contribution in [0, 0.1) is 10.8 Å². The van der Waals surface area contributed by atoms with E-state index in [2.05, 4.69) is 12.6 Å². The Morgan fingerprint density at radius 1 is 1.00 bits per heavy atom. The number of thiol groups is 1. The zero-order valence-electron chi connectivity index (χ0n) is 10.1. The Bertz CT molecular complexity index is 251. The molecule has 4 nitrogen and oxygen atoms in total. The maximum Gasteiger partial charge on any atom is 0.151 e. The van der Waals surface area contributed by atoms with E-state index in [1.54, 1.807) is 0 Å². The molecule has 0 aliphatic rings. The Hall–Kier alpha value is 0.690. The third-order valence-electron chi connectivity index (χ3n) is 1.66. The summed E-state index contributed by atoms with van der Waals surface area (Å²) < 4.78 is 0. The standard InChI is InChI=1S/C9H20N4S5/c10-8(11)17-4-3-16-7(5-15-2-1-14)6-18-9(12)13/h7,14H,1-6H2,(H3,10,11)(H3,12,13). The summed E-state index contributed by atoms with van der Waals surface area (Å²) in [4.78, 5) is 0. The first kappa shape index (κ1) is 18.7. The van der Waals surface area contributed by atoms with E-state index in [0.29, 0.717) is 5.25 Å². The Morgan fingerprint density at radius 3 is 2.22 bits per heavy atom. The number of thioether (sulfide) groups is 4. The van der Waals surface area contributed by atoms with Gasteiger partial charge in [0, 0.05) is 34.0 Å². The van der Waals surface area contributed by atoms with E-state index in [1.807, 2.05) is 23.5 Å². The SMILES string of the molecule is N=C(N)SCCSC(CSCCS)CSC(=N)N. The number of rotatable bonds is 10. The Kier molecular flexibility index (Phi) is 13.2. The van der Waals surface area contributed by atoms with Crippen molar-refractivity contribution in [3.05, 3.63) is 0 Å². The second-order valence-electron chi connectivity index (χ2n) is 3.18. The predicted octanol–water partition coefficient (Wildman–Crippen LogP) is 2.00. The summed E-state index contributed by atoms with van der Waals surface area (Å²) in [7, 11) is 0. The van der Waals surface area contributed by atoms with Crippen molar-refractivity contribution < 1.29 is 0 Å². The summed E-state index contributed by atoms with van der Waals surface area (Å²) in [6, 6.07) is 0. The maximum absolute atomic E-state index is 7.23. The molecule has 0 saturated carbocycles. The van der Waals surface area contributed by atoms with Crippen molar-refractivity contribution in [1.82, 2.24) is 0 Å². The van der Waals surface area contributed by atoms with E-state index in [4.69, 9.17) is 22.3 Å². The minimum Gasteiger partial charge on any atom is -0.379 e. The molecule has 0 rings (SSSR count). The quantitative estimate of drug-likeness (QED) is 0.180. The lowest BCUT2D eigenvalue weighted by molar-refractivity contribution is 1.15. The van der Waals surface area contributed by atoms with Crippen molar-refractivity contribution in [3.8, 4) is 0 Å². The minimum atomic E-state index is 0.176. The summed E-state index contributed by atoms with van der Waals surface area (Å²) in [5.74, 6) is 5.68. The van der Waals surface area contributed by atoms with Gasteiger partial charge in [-0.3, -0.25) is 10.8 Å². The fraction of sp³-hybridized carbons (Fsp3) is 0.778. The monoisotopic (exact) mass is 344 g/mol. The lowest BCUT2D eigenvalue weighted by Crippen LogP contribution is -2.16. The third-order valence-corrected chi connectivity index (χ3v) is 6.84. The van der Waals surface area contributed by atoms with Gasteiger partial charge in [-0.15, -0.1) is 0 Å². The van der Waals surface area contributed by atoms with Crippen molar-refractivity contribution in [1.29, 1.82) is 10.8 Å². The van der Waals surface area contributed by atoms with Gasteiger partial charge in [-0.1, -0.05) is 23.5 Å². The normalized spacial score (nSPS) is 12.3. The molecule has 1 atom stereocenters. The third kappa shape index (κ3) is 13.1. The molecule has 18 heavy (non-hydrogen) atoms. The minimum absolute atomic E-state index is 0.176. The summed E-state index contributed by atoms with van der Waals surface area (Å²) in [6.07, 6.45) is 0. The average Bonchev–Trinajstić information content (AvgIpc) is 2.30. The molecule has 0 heterocycles. The van der Waals surface area contributed by atoms with Crippen LogP contribution in [-0.4, -0.2) is 50.1 Å². The molecule has 0 amide bonds. The molecule has 6 N–H and O–H groups in total. The van der Waals surface area contributed by atoms with E-state index in [-0.39, 0.29) is 10.3 Å². The molecular weight excluding hydrogens is 324 g/mol. The van der Waals surface area contributed by atoms with Crippen LogP contribution in [0.2, 0.25) is 0 Å². The van der Waals surface area contributed by atoms with Gasteiger partial charge in [-0.2, -0.15) is 36.2 Å². The van der Waals surface area contributed by atoms with Gasteiger partial charge in [0.25, 0.3) is 0 Å². The number of hydrogen-bond acceptors (Lipinski definition) is 7. The van der Waals surface area contributed by atoms with E-state index < -0.39 is 0 Å². The Morgan fingerprint density at radius 2 is 1.67 bits per heavy atom. The molecule has 0 aliphatic carbocycles. The maximum atomic E-state index is 7.23. The topological polar surface area (TPSA) is 99.7 Å². The van der Waals surface area contributed by atoms with Crippen LogP contribution in [0.25, 0.3) is 0 Å². The van der Waals surface area contributed by atoms with Gasteiger partial charge in [0.05, 0.1) is 0 Å². The van der Waals surface area contributed by atoms with Gasteiger partial charge in [0.1, 0.15) is 0 Å². The first-order valence-corrected chi connectivity index (χ1v) is 10.1. The van der Waals surface area contributed by atoms with Crippen LogP contribution in [0.1, 0.15) is 0 Å². The van der Waals surface area contributed by atoms with Gasteiger partial charge in [0.15, 0.2) is 10.3 Å². The summed E-state index contributed by atoms with van der Waals surface area (Å²) >= 11 is 10.7. The molecule has 0 fully saturated rings. The van der Waals surface area contributed by atoms with Crippen molar-refractivity contribution in [2.75, 3.05) is 34.5 Å². The van der Waals surface area contributed by atoms with E-state index in [9.17, 15) is 0 Å². The van der Waals surface area contributed by atoms with E-state index in [1.165, 1.54) is 23.5 Å². The van der Waals surface area contributed by atoms with Gasteiger partial charge in [0.2, 0.25) is 0 Å². The Balaban J connectivity index is 3.80. The molecule has 0 aromatic carbocycles. The number of hydrogen-bond donors (Lipinski definition) is 5. The molecular formula is C9H20N4S5. The molecule has 9 heteroatoms. The summed E-state index contributed by atoms with van der Waals surface area (Å²) in [6.45, 7) is 0. The molecule has 0 bridgehead atoms. The van der Waals surface area contributed by atoms with Crippen LogP contribution in [0.15, 0.2) is 0 Å². The van der Waals surface area contributed by atoms with Crippen molar-refractivity contribution in [3.63, 3.8) is 0 Å². The van der Waals surface area contributed by atoms with Crippen LogP contribution in [0.3, 0.4) is 0 Å². The highest BCUT2D eigenvalue weighted by Crippen LogP contribution is 2.22. The van der Waals surface area contributed by atoms with E-state index in [0.717, 1.165) is 34.5 Å². The van der Waals surface area contributed by atoms with Crippen LogP contribution >= 0.6 is 59.7 Å². The molecule has 0 aliphatic heterocycles. The number of nitrogens with two attached hydrogens (primary N) is 2. The Labute approximate surface area is 131 Å². The van der Waals surface area contributed by atoms with Crippen LogP contribution in [-0.2, 0) is 0 Å². The molecule has 106 valence electrons. The highest BCUT2D eigenvalue weighted by molar-refractivity contribution is 8.15. The zero-order chi connectivity index (χ0) is 13.8. The number of nitrogens with one attached hydrogen (secondary N) is 2. The largest absolute Gasteiger partial charge is 0.379 e.